The molecule has 0 aliphatic heterocycles. The van der Waals surface area contributed by atoms with E-state index in [2.05, 4.69) is 20.0 Å². The zero-order valence-electron chi connectivity index (χ0n) is 9.90. The van der Waals surface area contributed by atoms with Crippen LogP contribution in [0.25, 0.3) is 0 Å². The van der Waals surface area contributed by atoms with Crippen molar-refractivity contribution < 1.29 is 18.4 Å². The van der Waals surface area contributed by atoms with Gasteiger partial charge >= 0.3 is 5.69 Å². The number of halogens is 3. The van der Waals surface area contributed by atoms with Crippen LogP contribution in [0.3, 0.4) is 0 Å². The van der Waals surface area contributed by atoms with Gasteiger partial charge in [-0.25, -0.2) is 13.8 Å². The van der Waals surface area contributed by atoms with E-state index in [9.17, 15) is 18.9 Å². The minimum atomic E-state index is -2.55. The Labute approximate surface area is 112 Å². The van der Waals surface area contributed by atoms with Crippen LogP contribution in [0.5, 0.6) is 0 Å². The highest BCUT2D eigenvalue weighted by Gasteiger charge is 2.21. The first-order valence-corrected chi connectivity index (χ1v) is 5.58. The van der Waals surface area contributed by atoms with Crippen LogP contribution in [0.2, 0.25) is 5.28 Å². The van der Waals surface area contributed by atoms with E-state index in [1.54, 1.807) is 0 Å². The normalized spacial score (nSPS) is 10.8. The maximum Gasteiger partial charge on any atom is 0.332 e. The predicted molar refractivity (Wildman–Crippen MR) is 63.7 cm³/mol. The quantitative estimate of drug-likeness (QED) is 0.358. The number of nitrogens with zero attached hydrogens (tertiary/aromatic N) is 3. The molecule has 106 valence electrons. The maximum atomic E-state index is 11.8. The fourth-order valence-electron chi connectivity index (χ4n) is 1.29. The summed E-state index contributed by atoms with van der Waals surface area (Å²) in [5.41, 5.74) is -0.195. The third-order valence-electron chi connectivity index (χ3n) is 2.00. The molecule has 0 aliphatic carbocycles. The molecule has 1 aromatic heterocycles. The number of hydrogen-bond acceptors (Lipinski definition) is 6. The Morgan fingerprint density at radius 3 is 2.79 bits per heavy atom. The van der Waals surface area contributed by atoms with Gasteiger partial charge in [-0.1, -0.05) is 0 Å². The molecule has 0 aliphatic rings. The van der Waals surface area contributed by atoms with Crippen LogP contribution in [0.4, 0.5) is 20.3 Å². The number of nitrogens with one attached hydrogen (secondary N) is 1. The zero-order valence-corrected chi connectivity index (χ0v) is 10.7. The molecule has 0 unspecified atom stereocenters. The van der Waals surface area contributed by atoms with E-state index < -0.39 is 18.0 Å². The van der Waals surface area contributed by atoms with E-state index in [0.717, 1.165) is 0 Å². The van der Waals surface area contributed by atoms with E-state index in [0.29, 0.717) is 0 Å². The second-order valence-corrected chi connectivity index (χ2v) is 3.76. The molecule has 0 bridgehead atoms. The Morgan fingerprint density at radius 2 is 2.21 bits per heavy atom. The summed E-state index contributed by atoms with van der Waals surface area (Å²) >= 11 is 5.59. The summed E-state index contributed by atoms with van der Waals surface area (Å²) in [7, 11) is 0. The van der Waals surface area contributed by atoms with E-state index in [-0.39, 0.29) is 35.6 Å². The molecule has 1 aromatic rings. The number of alkyl halides is 2. The van der Waals surface area contributed by atoms with Crippen LogP contribution in [0.15, 0.2) is 0 Å². The van der Waals surface area contributed by atoms with Gasteiger partial charge in [0.05, 0.1) is 11.5 Å². The SMILES string of the molecule is Cc1nc(Cl)nc(NCCOCC(F)F)c1[N+](=O)[O-]. The highest BCUT2D eigenvalue weighted by molar-refractivity contribution is 6.28. The summed E-state index contributed by atoms with van der Waals surface area (Å²) < 4.78 is 28.2. The largest absolute Gasteiger partial charge is 0.374 e. The Kier molecular flexibility index (Phi) is 5.77. The third kappa shape index (κ3) is 4.87. The van der Waals surface area contributed by atoms with Crippen LogP contribution >= 0.6 is 11.6 Å². The monoisotopic (exact) mass is 296 g/mol. The summed E-state index contributed by atoms with van der Waals surface area (Å²) in [6, 6.07) is 0. The van der Waals surface area contributed by atoms with Gasteiger partial charge in [0.2, 0.25) is 11.1 Å². The van der Waals surface area contributed by atoms with Gasteiger partial charge in [0.15, 0.2) is 0 Å². The number of aromatic nitrogens is 2. The Bertz CT molecular complexity index is 461. The van der Waals surface area contributed by atoms with E-state index in [4.69, 9.17) is 11.6 Å². The second kappa shape index (κ2) is 7.10. The standard InChI is InChI=1S/C9H11ClF2N4O3/c1-5-7(16(17)18)8(15-9(10)14-5)13-2-3-19-4-6(11)12/h6H,2-4H2,1H3,(H,13,14,15). The second-order valence-electron chi connectivity index (χ2n) is 3.43. The molecule has 0 atom stereocenters. The van der Waals surface area contributed by atoms with E-state index in [1.165, 1.54) is 6.92 Å². The van der Waals surface area contributed by atoms with Gasteiger partial charge in [-0.2, -0.15) is 4.98 Å². The van der Waals surface area contributed by atoms with Gasteiger partial charge in [0, 0.05) is 6.54 Å². The molecule has 10 heteroatoms. The number of aryl methyl sites for hydroxylation is 1. The molecule has 0 saturated heterocycles. The first-order chi connectivity index (χ1) is 8.91. The zero-order chi connectivity index (χ0) is 14.4. The van der Waals surface area contributed by atoms with Crippen molar-refractivity contribution in [1.82, 2.24) is 9.97 Å². The molecule has 0 saturated carbocycles. The molecule has 0 radical (unpaired) electrons. The topological polar surface area (TPSA) is 90.2 Å². The lowest BCUT2D eigenvalue weighted by Gasteiger charge is -2.08. The summed E-state index contributed by atoms with van der Waals surface area (Å²) in [6.45, 7) is 0.778. The van der Waals surface area contributed by atoms with Gasteiger partial charge in [0.25, 0.3) is 6.43 Å². The molecule has 0 fully saturated rings. The fourth-order valence-corrected chi connectivity index (χ4v) is 1.50. The summed E-state index contributed by atoms with van der Waals surface area (Å²) in [5.74, 6) is -0.0665. The first-order valence-electron chi connectivity index (χ1n) is 5.20. The van der Waals surface area contributed by atoms with E-state index >= 15 is 0 Å². The minimum absolute atomic E-state index is 0.0395. The molecule has 1 rings (SSSR count). The van der Waals surface area contributed by atoms with Crippen molar-refractivity contribution in [2.45, 2.75) is 13.3 Å². The van der Waals surface area contributed by atoms with Crippen molar-refractivity contribution in [3.05, 3.63) is 21.1 Å². The van der Waals surface area contributed by atoms with Gasteiger partial charge < -0.3 is 10.1 Å². The van der Waals surface area contributed by atoms with Crippen LogP contribution in [-0.2, 0) is 4.74 Å². The van der Waals surface area contributed by atoms with Crippen LogP contribution < -0.4 is 5.32 Å². The Morgan fingerprint density at radius 1 is 1.53 bits per heavy atom. The van der Waals surface area contributed by atoms with Gasteiger partial charge in [-0.3, -0.25) is 10.1 Å². The molecule has 0 aromatic carbocycles. The van der Waals surface area contributed by atoms with Crippen LogP contribution in [0.1, 0.15) is 5.69 Å². The Hall–Kier alpha value is -1.61. The molecular weight excluding hydrogens is 286 g/mol. The smallest absolute Gasteiger partial charge is 0.332 e. The van der Waals surface area contributed by atoms with Crippen LogP contribution in [-0.4, -0.2) is 41.1 Å². The molecule has 19 heavy (non-hydrogen) atoms. The van der Waals surface area contributed by atoms with E-state index in [1.807, 2.05) is 0 Å². The highest BCUT2D eigenvalue weighted by atomic mass is 35.5. The van der Waals surface area contributed by atoms with Crippen molar-refractivity contribution in [1.29, 1.82) is 0 Å². The molecular formula is C9H11ClF2N4O3. The number of hydrogen-bond donors (Lipinski definition) is 1. The van der Waals surface area contributed by atoms with Gasteiger partial charge in [0.1, 0.15) is 12.3 Å². The minimum Gasteiger partial charge on any atom is -0.374 e. The average Bonchev–Trinajstić information content (AvgIpc) is 2.26. The predicted octanol–water partition coefficient (Wildman–Crippen LogP) is 2.04. The van der Waals surface area contributed by atoms with Crippen molar-refractivity contribution in [2.24, 2.45) is 0 Å². The van der Waals surface area contributed by atoms with Crippen LogP contribution in [0, 0.1) is 17.0 Å². The maximum absolute atomic E-state index is 11.8. The first kappa shape index (κ1) is 15.4. The average molecular weight is 297 g/mol. The lowest BCUT2D eigenvalue weighted by molar-refractivity contribution is -0.385. The molecule has 1 heterocycles. The fraction of sp³-hybridized carbons (Fsp3) is 0.556. The molecule has 0 amide bonds. The van der Waals surface area contributed by atoms with Crippen molar-refractivity contribution in [3.8, 4) is 0 Å². The van der Waals surface area contributed by atoms with Crippen molar-refractivity contribution >= 4 is 23.1 Å². The highest BCUT2D eigenvalue weighted by Crippen LogP contribution is 2.26. The molecule has 7 nitrogen and oxygen atoms in total. The third-order valence-corrected chi connectivity index (χ3v) is 2.17. The Balaban J connectivity index is 2.64. The number of anilines is 1. The lowest BCUT2D eigenvalue weighted by Crippen LogP contribution is -2.15. The molecule has 1 N–H and O–H groups in total. The number of rotatable bonds is 7. The lowest BCUT2D eigenvalue weighted by atomic mass is 10.3. The summed E-state index contributed by atoms with van der Waals surface area (Å²) in [4.78, 5) is 17.6. The molecule has 0 spiro atoms. The van der Waals surface area contributed by atoms with Crippen molar-refractivity contribution in [3.63, 3.8) is 0 Å². The number of nitro groups is 1. The van der Waals surface area contributed by atoms with Crippen molar-refractivity contribution in [2.75, 3.05) is 25.1 Å². The van der Waals surface area contributed by atoms with Gasteiger partial charge in [-0.15, -0.1) is 0 Å². The summed E-state index contributed by atoms with van der Waals surface area (Å²) in [5, 5.41) is 13.3. The van der Waals surface area contributed by atoms with Gasteiger partial charge in [-0.05, 0) is 18.5 Å². The summed E-state index contributed by atoms with van der Waals surface area (Å²) in [6.07, 6.45) is -2.55. The number of ether oxygens (including phenoxy) is 1.